The molecule has 5 heteroatoms. The second-order valence-electron chi connectivity index (χ2n) is 8.97. The average Bonchev–Trinajstić information content (AvgIpc) is 3.23. The van der Waals surface area contributed by atoms with Gasteiger partial charge >= 0.3 is 0 Å². The van der Waals surface area contributed by atoms with Crippen LogP contribution in [0.15, 0.2) is 104 Å². The van der Waals surface area contributed by atoms with Gasteiger partial charge in [-0.15, -0.1) is 13.2 Å². The van der Waals surface area contributed by atoms with E-state index in [4.69, 9.17) is 14.5 Å². The molecule has 190 valence electrons. The molecular weight excluding hydrogens is 458 g/mol. The fourth-order valence-electron chi connectivity index (χ4n) is 4.34. The van der Waals surface area contributed by atoms with Gasteiger partial charge < -0.3 is 18.9 Å². The van der Waals surface area contributed by atoms with E-state index in [0.29, 0.717) is 19.7 Å². The van der Waals surface area contributed by atoms with Gasteiger partial charge in [0, 0.05) is 38.7 Å². The summed E-state index contributed by atoms with van der Waals surface area (Å²) < 4.78 is 13.5. The Morgan fingerprint density at radius 2 is 1.38 bits per heavy atom. The Bertz CT molecular complexity index is 1280. The zero-order chi connectivity index (χ0) is 26.0. The summed E-state index contributed by atoms with van der Waals surface area (Å²) in [5.41, 5.74) is 5.79. The molecule has 37 heavy (non-hydrogen) atoms. The number of hydrogen-bond acceptors (Lipinski definition) is 4. The summed E-state index contributed by atoms with van der Waals surface area (Å²) in [6, 6.07) is 26.7. The van der Waals surface area contributed by atoms with Crippen LogP contribution in [-0.2, 0) is 26.5 Å². The van der Waals surface area contributed by atoms with Crippen LogP contribution >= 0.6 is 0 Å². The van der Waals surface area contributed by atoms with Gasteiger partial charge in [-0.3, -0.25) is 0 Å². The number of anilines is 1. The number of benzene rings is 3. The quantitative estimate of drug-likeness (QED) is 0.203. The Labute approximate surface area is 220 Å². The normalized spacial score (nSPS) is 10.6. The van der Waals surface area contributed by atoms with E-state index in [9.17, 15) is 0 Å². The van der Waals surface area contributed by atoms with Gasteiger partial charge in [0.2, 0.25) is 5.95 Å². The van der Waals surface area contributed by atoms with Crippen molar-refractivity contribution in [3.05, 3.63) is 132 Å². The number of nitrogens with zero attached hydrogens (tertiary/aromatic N) is 3. The van der Waals surface area contributed by atoms with E-state index < -0.39 is 0 Å². The zero-order valence-corrected chi connectivity index (χ0v) is 21.8. The molecule has 0 N–H and O–H groups in total. The fourth-order valence-corrected chi connectivity index (χ4v) is 4.34. The van der Waals surface area contributed by atoms with Crippen LogP contribution in [-0.4, -0.2) is 29.8 Å². The Kier molecular flexibility index (Phi) is 8.82. The molecule has 0 saturated carbocycles. The van der Waals surface area contributed by atoms with Crippen LogP contribution in [0, 0.1) is 0 Å². The molecular formula is C32H35N3O2. The van der Waals surface area contributed by atoms with Gasteiger partial charge in [0.25, 0.3) is 0 Å². The lowest BCUT2D eigenvalue weighted by atomic mass is 10.0. The molecule has 5 nitrogen and oxygen atoms in total. The van der Waals surface area contributed by atoms with Gasteiger partial charge in [0.05, 0.1) is 12.8 Å². The first-order valence-corrected chi connectivity index (χ1v) is 12.5. The highest BCUT2D eigenvalue weighted by molar-refractivity contribution is 5.43. The van der Waals surface area contributed by atoms with E-state index in [1.54, 1.807) is 7.11 Å². The van der Waals surface area contributed by atoms with Gasteiger partial charge in [-0.2, -0.15) is 0 Å². The first-order valence-electron chi connectivity index (χ1n) is 12.5. The Balaban J connectivity index is 1.57. The molecule has 0 bridgehead atoms. The average molecular weight is 494 g/mol. The third kappa shape index (κ3) is 6.70. The Morgan fingerprint density at radius 1 is 0.784 bits per heavy atom. The summed E-state index contributed by atoms with van der Waals surface area (Å²) in [6.07, 6.45) is 5.30. The highest BCUT2D eigenvalue weighted by Gasteiger charge is 2.19. The largest absolute Gasteiger partial charge is 0.497 e. The lowest BCUT2D eigenvalue weighted by Gasteiger charge is -2.20. The van der Waals surface area contributed by atoms with E-state index in [-0.39, 0.29) is 0 Å². The second-order valence-corrected chi connectivity index (χ2v) is 8.97. The van der Waals surface area contributed by atoms with Crippen LogP contribution in [0.3, 0.4) is 0 Å². The van der Waals surface area contributed by atoms with Gasteiger partial charge in [0.1, 0.15) is 18.1 Å². The number of hydrogen-bond donors (Lipinski definition) is 0. The van der Waals surface area contributed by atoms with E-state index >= 15 is 0 Å². The molecule has 0 aliphatic heterocycles. The van der Waals surface area contributed by atoms with Gasteiger partial charge in [-0.1, -0.05) is 66.7 Å². The maximum Gasteiger partial charge on any atom is 0.206 e. The predicted molar refractivity (Wildman–Crippen MR) is 152 cm³/mol. The van der Waals surface area contributed by atoms with Crippen molar-refractivity contribution in [3.63, 3.8) is 0 Å². The molecule has 0 unspecified atom stereocenters. The van der Waals surface area contributed by atoms with Crippen LogP contribution in [0.5, 0.6) is 11.5 Å². The van der Waals surface area contributed by atoms with Crippen molar-refractivity contribution in [1.82, 2.24) is 9.55 Å². The van der Waals surface area contributed by atoms with Crippen molar-refractivity contribution in [2.45, 2.75) is 19.4 Å². The third-order valence-corrected chi connectivity index (χ3v) is 6.33. The highest BCUT2D eigenvalue weighted by atomic mass is 16.5. The molecule has 0 aliphatic carbocycles. The van der Waals surface area contributed by atoms with Crippen LogP contribution in [0.4, 0.5) is 5.95 Å². The van der Waals surface area contributed by atoms with Gasteiger partial charge in [0.15, 0.2) is 0 Å². The molecule has 3 aromatic carbocycles. The number of ether oxygens (including phenoxy) is 2. The molecule has 4 aromatic rings. The van der Waals surface area contributed by atoms with Crippen molar-refractivity contribution in [1.29, 1.82) is 0 Å². The fraction of sp³-hybridized carbons (Fsp3) is 0.219. The molecule has 1 heterocycles. The smallest absolute Gasteiger partial charge is 0.206 e. The lowest BCUT2D eigenvalue weighted by Crippen LogP contribution is -2.26. The van der Waals surface area contributed by atoms with E-state index in [1.807, 2.05) is 54.6 Å². The standard InChI is InChI=1S/C32H35N3O2/c1-5-20-35(21-6-2)32-33-30(22-25-12-16-28(36-4)17-13-25)31(34(32)3)23-26-14-18-29(19-15-26)37-24-27-10-8-7-9-11-27/h5-19H,1-2,20-24H2,3-4H3. The summed E-state index contributed by atoms with van der Waals surface area (Å²) in [6.45, 7) is 9.81. The molecule has 0 saturated heterocycles. The molecule has 0 spiro atoms. The number of aromatic nitrogens is 2. The minimum atomic E-state index is 0.555. The monoisotopic (exact) mass is 493 g/mol. The van der Waals surface area contributed by atoms with Crippen LogP contribution in [0.25, 0.3) is 0 Å². The molecule has 4 rings (SSSR count). The summed E-state index contributed by atoms with van der Waals surface area (Å²) in [7, 11) is 3.77. The number of imidazole rings is 1. The first kappa shape index (κ1) is 25.8. The van der Waals surface area contributed by atoms with Crippen LogP contribution in [0.2, 0.25) is 0 Å². The maximum absolute atomic E-state index is 5.98. The number of methoxy groups -OCH3 is 1. The van der Waals surface area contributed by atoms with Crippen molar-refractivity contribution >= 4 is 5.95 Å². The minimum Gasteiger partial charge on any atom is -0.497 e. The minimum absolute atomic E-state index is 0.555. The SMILES string of the molecule is C=CCN(CC=C)c1nc(Cc2ccc(OC)cc2)c(Cc2ccc(OCc3ccccc3)cc2)n1C. The van der Waals surface area contributed by atoms with Crippen LogP contribution in [0.1, 0.15) is 28.1 Å². The molecule has 0 atom stereocenters. The summed E-state index contributed by atoms with van der Waals surface area (Å²) >= 11 is 0. The van der Waals surface area contributed by atoms with Gasteiger partial charge in [-0.25, -0.2) is 4.98 Å². The second kappa shape index (κ2) is 12.6. The van der Waals surface area contributed by atoms with Gasteiger partial charge in [-0.05, 0) is 41.0 Å². The topological polar surface area (TPSA) is 39.5 Å². The van der Waals surface area contributed by atoms with Crippen molar-refractivity contribution in [3.8, 4) is 11.5 Å². The molecule has 0 radical (unpaired) electrons. The van der Waals surface area contributed by atoms with Crippen molar-refractivity contribution in [2.75, 3.05) is 25.1 Å². The highest BCUT2D eigenvalue weighted by Crippen LogP contribution is 2.25. The van der Waals surface area contributed by atoms with Crippen molar-refractivity contribution < 1.29 is 9.47 Å². The van der Waals surface area contributed by atoms with Crippen LogP contribution < -0.4 is 14.4 Å². The summed E-state index contributed by atoms with van der Waals surface area (Å²) in [4.78, 5) is 7.28. The van der Waals surface area contributed by atoms with E-state index in [2.05, 4.69) is 66.1 Å². The summed E-state index contributed by atoms with van der Waals surface area (Å²) in [5, 5.41) is 0. The predicted octanol–water partition coefficient (Wildman–Crippen LogP) is 6.37. The summed E-state index contributed by atoms with van der Waals surface area (Å²) in [5.74, 6) is 2.63. The van der Waals surface area contributed by atoms with Crippen molar-refractivity contribution in [2.24, 2.45) is 7.05 Å². The number of rotatable bonds is 13. The zero-order valence-electron chi connectivity index (χ0n) is 21.8. The maximum atomic E-state index is 5.98. The van der Waals surface area contributed by atoms with E-state index in [1.165, 1.54) is 16.8 Å². The Hall–Kier alpha value is -4.25. The lowest BCUT2D eigenvalue weighted by molar-refractivity contribution is 0.306. The van der Waals surface area contributed by atoms with E-state index in [0.717, 1.165) is 41.5 Å². The molecule has 0 fully saturated rings. The molecule has 0 amide bonds. The third-order valence-electron chi connectivity index (χ3n) is 6.33. The Morgan fingerprint density at radius 3 is 1.97 bits per heavy atom. The molecule has 1 aromatic heterocycles. The molecule has 0 aliphatic rings. The first-order chi connectivity index (χ1) is 18.1.